The average Bonchev–Trinajstić information content (AvgIpc) is 3.16. The minimum Gasteiger partial charge on any atom is -0.350 e. The Balaban J connectivity index is 1.57. The van der Waals surface area contributed by atoms with Gasteiger partial charge >= 0.3 is 0 Å². The van der Waals surface area contributed by atoms with Gasteiger partial charge in [-0.25, -0.2) is 9.97 Å². The van der Waals surface area contributed by atoms with E-state index in [1.54, 1.807) is 22.3 Å². The largest absolute Gasteiger partial charge is 0.350 e. The van der Waals surface area contributed by atoms with Gasteiger partial charge in [0.05, 0.1) is 24.7 Å². The third kappa shape index (κ3) is 2.94. The quantitative estimate of drug-likeness (QED) is 0.769. The Bertz CT molecular complexity index is 744. The van der Waals surface area contributed by atoms with Gasteiger partial charge in [-0.3, -0.25) is 13.9 Å². The molecule has 0 aliphatic rings. The summed E-state index contributed by atoms with van der Waals surface area (Å²) >= 11 is 1.60. The molecule has 0 spiro atoms. The summed E-state index contributed by atoms with van der Waals surface area (Å²) < 4.78 is 3.69. The van der Waals surface area contributed by atoms with Crippen molar-refractivity contribution in [2.24, 2.45) is 5.92 Å². The van der Waals surface area contributed by atoms with Crippen molar-refractivity contribution in [2.45, 2.75) is 26.9 Å². The highest BCUT2D eigenvalue weighted by molar-refractivity contribution is 7.15. The lowest BCUT2D eigenvalue weighted by atomic mass is 10.1. The molecule has 21 heavy (non-hydrogen) atoms. The molecule has 110 valence electrons. The molecule has 3 rings (SSSR count). The molecule has 0 unspecified atom stereocenters. The normalized spacial score (nSPS) is 12.7. The summed E-state index contributed by atoms with van der Waals surface area (Å²) in [5.41, 5.74) is 2.02. The molecule has 3 heterocycles. The van der Waals surface area contributed by atoms with E-state index in [1.807, 2.05) is 24.4 Å². The van der Waals surface area contributed by atoms with E-state index in [0.717, 1.165) is 16.3 Å². The summed E-state index contributed by atoms with van der Waals surface area (Å²) in [5.74, 6) is -0.184. The number of hydrogen-bond donors (Lipinski definition) is 1. The number of aromatic nitrogens is 5. The summed E-state index contributed by atoms with van der Waals surface area (Å²) in [6.45, 7) is 4.86. The van der Waals surface area contributed by atoms with Crippen molar-refractivity contribution in [2.75, 3.05) is 0 Å². The Morgan fingerprint density at radius 2 is 2.38 bits per heavy atom. The highest BCUT2D eigenvalue weighted by atomic mass is 32.1. The van der Waals surface area contributed by atoms with Gasteiger partial charge in [0.25, 0.3) is 0 Å². The van der Waals surface area contributed by atoms with Crippen LogP contribution in [0.3, 0.4) is 0 Å². The Kier molecular flexibility index (Phi) is 3.70. The number of hydrogen-bond acceptors (Lipinski definition) is 5. The van der Waals surface area contributed by atoms with Crippen molar-refractivity contribution in [3.05, 3.63) is 35.6 Å². The van der Waals surface area contributed by atoms with Crippen LogP contribution in [0, 0.1) is 12.8 Å². The fourth-order valence-electron chi connectivity index (χ4n) is 2.07. The number of carbonyl (C=O) groups is 1. The molecule has 0 aromatic carbocycles. The first kappa shape index (κ1) is 13.7. The SMILES string of the molecule is Cc1csc2nc(CNC(=O)[C@H](C)Cn3cncn3)cn12. The van der Waals surface area contributed by atoms with Crippen LogP contribution in [0.5, 0.6) is 0 Å². The molecule has 0 bridgehead atoms. The van der Waals surface area contributed by atoms with Gasteiger partial charge in [0.2, 0.25) is 5.91 Å². The van der Waals surface area contributed by atoms with Crippen molar-refractivity contribution in [1.29, 1.82) is 0 Å². The second kappa shape index (κ2) is 5.65. The summed E-state index contributed by atoms with van der Waals surface area (Å²) in [7, 11) is 0. The number of carbonyl (C=O) groups excluding carboxylic acids is 1. The van der Waals surface area contributed by atoms with Crippen LogP contribution in [-0.4, -0.2) is 30.1 Å². The monoisotopic (exact) mass is 304 g/mol. The van der Waals surface area contributed by atoms with Crippen molar-refractivity contribution in [1.82, 2.24) is 29.5 Å². The molecule has 1 N–H and O–H groups in total. The Labute approximate surface area is 125 Å². The van der Waals surface area contributed by atoms with Crippen LogP contribution in [0.4, 0.5) is 0 Å². The van der Waals surface area contributed by atoms with Gasteiger partial charge in [0, 0.05) is 17.3 Å². The summed E-state index contributed by atoms with van der Waals surface area (Å²) in [4.78, 5) is 21.4. The lowest BCUT2D eigenvalue weighted by Crippen LogP contribution is -2.31. The zero-order chi connectivity index (χ0) is 14.8. The molecule has 8 heteroatoms. The van der Waals surface area contributed by atoms with Gasteiger partial charge < -0.3 is 5.32 Å². The molecule has 0 aliphatic carbocycles. The molecule has 0 aliphatic heterocycles. The summed E-state index contributed by atoms with van der Waals surface area (Å²) in [6, 6.07) is 0. The molecule has 0 saturated heterocycles. The zero-order valence-electron chi connectivity index (χ0n) is 11.9. The van der Waals surface area contributed by atoms with Crippen LogP contribution in [0.1, 0.15) is 18.3 Å². The number of nitrogens with zero attached hydrogens (tertiary/aromatic N) is 5. The molecule has 0 saturated carbocycles. The third-order valence-corrected chi connectivity index (χ3v) is 4.21. The van der Waals surface area contributed by atoms with Crippen molar-refractivity contribution in [3.8, 4) is 0 Å². The molecular weight excluding hydrogens is 288 g/mol. The Morgan fingerprint density at radius 1 is 1.52 bits per heavy atom. The van der Waals surface area contributed by atoms with Crippen LogP contribution in [0.2, 0.25) is 0 Å². The van der Waals surface area contributed by atoms with Crippen molar-refractivity contribution < 1.29 is 4.79 Å². The summed E-state index contributed by atoms with van der Waals surface area (Å²) in [5, 5.41) is 8.97. The molecule has 0 fully saturated rings. The summed E-state index contributed by atoms with van der Waals surface area (Å²) in [6.07, 6.45) is 5.03. The number of aryl methyl sites for hydroxylation is 1. The topological polar surface area (TPSA) is 77.1 Å². The Hall–Kier alpha value is -2.22. The number of rotatable bonds is 5. The lowest BCUT2D eigenvalue weighted by molar-refractivity contribution is -0.125. The van der Waals surface area contributed by atoms with Crippen LogP contribution in [0.15, 0.2) is 24.2 Å². The fraction of sp³-hybridized carbons (Fsp3) is 0.385. The van der Waals surface area contributed by atoms with E-state index >= 15 is 0 Å². The van der Waals surface area contributed by atoms with E-state index in [-0.39, 0.29) is 11.8 Å². The van der Waals surface area contributed by atoms with Crippen LogP contribution in [-0.2, 0) is 17.9 Å². The van der Waals surface area contributed by atoms with Gasteiger partial charge in [-0.05, 0) is 6.92 Å². The number of thiazole rings is 1. The van der Waals surface area contributed by atoms with E-state index in [1.165, 1.54) is 6.33 Å². The van der Waals surface area contributed by atoms with Gasteiger partial charge in [-0.2, -0.15) is 5.10 Å². The first-order chi connectivity index (χ1) is 10.1. The second-order valence-corrected chi connectivity index (χ2v) is 5.83. The first-order valence-corrected chi connectivity index (χ1v) is 7.53. The van der Waals surface area contributed by atoms with Gasteiger partial charge in [0.1, 0.15) is 12.7 Å². The molecule has 3 aromatic rings. The molecule has 0 radical (unpaired) electrons. The standard InChI is InChI=1S/C13H16N6OS/c1-9(4-18-8-14-7-16-18)12(20)15-3-11-5-19-10(2)6-21-13(19)17-11/h5-9H,3-4H2,1-2H3,(H,15,20)/t9-/m1/s1. The number of imidazole rings is 1. The van der Waals surface area contributed by atoms with E-state index in [2.05, 4.69) is 25.8 Å². The lowest BCUT2D eigenvalue weighted by Gasteiger charge is -2.11. The maximum atomic E-state index is 12.1. The number of amides is 1. The van der Waals surface area contributed by atoms with Crippen molar-refractivity contribution in [3.63, 3.8) is 0 Å². The maximum absolute atomic E-state index is 12.1. The Morgan fingerprint density at radius 3 is 3.10 bits per heavy atom. The van der Waals surface area contributed by atoms with Crippen LogP contribution < -0.4 is 5.32 Å². The van der Waals surface area contributed by atoms with Gasteiger partial charge in [-0.15, -0.1) is 11.3 Å². The van der Waals surface area contributed by atoms with E-state index in [9.17, 15) is 4.79 Å². The fourth-order valence-corrected chi connectivity index (χ4v) is 2.94. The predicted molar refractivity (Wildman–Crippen MR) is 78.8 cm³/mol. The molecule has 7 nitrogen and oxygen atoms in total. The molecule has 1 amide bonds. The number of fused-ring (bicyclic) bond motifs is 1. The number of nitrogens with one attached hydrogen (secondary N) is 1. The third-order valence-electron chi connectivity index (χ3n) is 3.26. The minimum atomic E-state index is -0.169. The second-order valence-electron chi connectivity index (χ2n) is 5.00. The molecule has 3 aromatic heterocycles. The molecule has 1 atom stereocenters. The van der Waals surface area contributed by atoms with Crippen LogP contribution in [0.25, 0.3) is 4.96 Å². The smallest absolute Gasteiger partial charge is 0.225 e. The minimum absolute atomic E-state index is 0.0152. The van der Waals surface area contributed by atoms with E-state index in [0.29, 0.717) is 13.1 Å². The van der Waals surface area contributed by atoms with Gasteiger partial charge in [0.15, 0.2) is 4.96 Å². The zero-order valence-corrected chi connectivity index (χ0v) is 12.7. The average molecular weight is 304 g/mol. The maximum Gasteiger partial charge on any atom is 0.225 e. The predicted octanol–water partition coefficient (Wildman–Crippen LogP) is 1.25. The van der Waals surface area contributed by atoms with E-state index in [4.69, 9.17) is 0 Å². The van der Waals surface area contributed by atoms with Crippen molar-refractivity contribution >= 4 is 22.2 Å². The first-order valence-electron chi connectivity index (χ1n) is 6.65. The van der Waals surface area contributed by atoms with Crippen LogP contribution >= 0.6 is 11.3 Å². The van der Waals surface area contributed by atoms with E-state index < -0.39 is 0 Å². The highest BCUT2D eigenvalue weighted by Gasteiger charge is 2.14. The highest BCUT2D eigenvalue weighted by Crippen LogP contribution is 2.15. The van der Waals surface area contributed by atoms with Gasteiger partial charge in [-0.1, -0.05) is 6.92 Å². The molecular formula is C13H16N6OS.